The molecule has 0 fully saturated rings. The Morgan fingerprint density at radius 3 is 2.96 bits per heavy atom. The van der Waals surface area contributed by atoms with Crippen LogP contribution < -0.4 is 20.1 Å². The van der Waals surface area contributed by atoms with Gasteiger partial charge < -0.3 is 14.8 Å². The van der Waals surface area contributed by atoms with Crippen molar-refractivity contribution < 1.29 is 19.1 Å². The van der Waals surface area contributed by atoms with Crippen molar-refractivity contribution in [1.29, 1.82) is 0 Å². The minimum Gasteiger partial charge on any atom is -0.497 e. The highest BCUT2D eigenvalue weighted by Crippen LogP contribution is 2.31. The summed E-state index contributed by atoms with van der Waals surface area (Å²) in [6.07, 6.45) is 1.41. The standard InChI is InChI=1S/C14H15N5O4/c1-22-8-3-4-11(23-2)9(5-8)16-13(21)10-6-12(20)17-14-18-15-7-19(10)14/h3-5,7,10H,6H2,1-2H3,(H,16,21)(H,17,18,20)/t10-/m1/s1. The van der Waals surface area contributed by atoms with Crippen LogP contribution in [0, 0.1) is 0 Å². The van der Waals surface area contributed by atoms with E-state index in [1.807, 2.05) is 0 Å². The number of nitrogens with one attached hydrogen (secondary N) is 2. The van der Waals surface area contributed by atoms with Crippen molar-refractivity contribution in [3.05, 3.63) is 24.5 Å². The van der Waals surface area contributed by atoms with Crippen molar-refractivity contribution in [2.45, 2.75) is 12.5 Å². The minimum atomic E-state index is -0.732. The van der Waals surface area contributed by atoms with E-state index in [0.717, 1.165) is 0 Å². The zero-order chi connectivity index (χ0) is 16.4. The second kappa shape index (κ2) is 5.95. The number of benzene rings is 1. The number of fused-ring (bicyclic) bond motifs is 1. The molecule has 0 saturated heterocycles. The Morgan fingerprint density at radius 2 is 2.22 bits per heavy atom. The molecule has 0 aliphatic carbocycles. The lowest BCUT2D eigenvalue weighted by Gasteiger charge is -2.23. The summed E-state index contributed by atoms with van der Waals surface area (Å²) in [6.45, 7) is 0. The summed E-state index contributed by atoms with van der Waals surface area (Å²) < 4.78 is 11.9. The number of amides is 2. The van der Waals surface area contributed by atoms with E-state index in [4.69, 9.17) is 9.47 Å². The van der Waals surface area contributed by atoms with Crippen molar-refractivity contribution >= 4 is 23.5 Å². The van der Waals surface area contributed by atoms with Gasteiger partial charge in [-0.25, -0.2) is 0 Å². The normalized spacial score (nSPS) is 16.3. The molecule has 1 atom stereocenters. The molecular weight excluding hydrogens is 302 g/mol. The van der Waals surface area contributed by atoms with Crippen LogP contribution in [-0.2, 0) is 9.59 Å². The molecular formula is C14H15N5O4. The topological polar surface area (TPSA) is 107 Å². The van der Waals surface area contributed by atoms with E-state index < -0.39 is 6.04 Å². The molecule has 9 heteroatoms. The van der Waals surface area contributed by atoms with Gasteiger partial charge in [0.2, 0.25) is 17.8 Å². The van der Waals surface area contributed by atoms with E-state index in [9.17, 15) is 9.59 Å². The molecule has 0 spiro atoms. The average molecular weight is 317 g/mol. The lowest BCUT2D eigenvalue weighted by Crippen LogP contribution is -2.35. The number of aromatic nitrogens is 3. The Labute approximate surface area is 131 Å². The van der Waals surface area contributed by atoms with Gasteiger partial charge in [0.15, 0.2) is 0 Å². The second-order valence-corrected chi connectivity index (χ2v) is 4.89. The predicted molar refractivity (Wildman–Crippen MR) is 80.5 cm³/mol. The largest absolute Gasteiger partial charge is 0.497 e. The molecule has 1 aromatic heterocycles. The van der Waals surface area contributed by atoms with Gasteiger partial charge in [0, 0.05) is 6.07 Å². The summed E-state index contributed by atoms with van der Waals surface area (Å²) in [4.78, 5) is 24.3. The molecule has 0 bridgehead atoms. The third-order valence-electron chi connectivity index (χ3n) is 3.51. The lowest BCUT2D eigenvalue weighted by atomic mass is 10.1. The first-order chi connectivity index (χ1) is 11.1. The molecule has 9 nitrogen and oxygen atoms in total. The Kier molecular flexibility index (Phi) is 3.83. The molecule has 120 valence electrons. The smallest absolute Gasteiger partial charge is 0.248 e. The number of methoxy groups -OCH3 is 2. The Bertz CT molecular complexity index is 757. The zero-order valence-electron chi connectivity index (χ0n) is 12.6. The lowest BCUT2D eigenvalue weighted by molar-refractivity contribution is -0.125. The van der Waals surface area contributed by atoms with Crippen molar-refractivity contribution in [3.8, 4) is 11.5 Å². The molecule has 1 aliphatic rings. The van der Waals surface area contributed by atoms with Gasteiger partial charge in [-0.3, -0.25) is 19.5 Å². The van der Waals surface area contributed by atoms with Crippen LogP contribution in [0.1, 0.15) is 12.5 Å². The fourth-order valence-electron chi connectivity index (χ4n) is 2.36. The maximum Gasteiger partial charge on any atom is 0.248 e. The molecule has 2 aromatic rings. The summed E-state index contributed by atoms with van der Waals surface area (Å²) in [6, 6.07) is 4.32. The number of carbonyl (C=O) groups is 2. The Balaban J connectivity index is 1.87. The summed E-state index contributed by atoms with van der Waals surface area (Å²) in [5.41, 5.74) is 0.456. The molecule has 2 N–H and O–H groups in total. The van der Waals surface area contributed by atoms with Crippen LogP contribution in [0.25, 0.3) is 0 Å². The first-order valence-electron chi connectivity index (χ1n) is 6.84. The molecule has 1 aliphatic heterocycles. The molecule has 1 aromatic carbocycles. The van der Waals surface area contributed by atoms with Crippen LogP contribution >= 0.6 is 0 Å². The van der Waals surface area contributed by atoms with Crippen molar-refractivity contribution in [2.75, 3.05) is 24.9 Å². The quantitative estimate of drug-likeness (QED) is 0.864. The summed E-state index contributed by atoms with van der Waals surface area (Å²) in [7, 11) is 3.03. The van der Waals surface area contributed by atoms with E-state index in [1.165, 1.54) is 25.1 Å². The van der Waals surface area contributed by atoms with Gasteiger partial charge in [0.1, 0.15) is 23.9 Å². The third-order valence-corrected chi connectivity index (χ3v) is 3.51. The first kappa shape index (κ1) is 14.8. The van der Waals surface area contributed by atoms with Crippen LogP contribution in [0.5, 0.6) is 11.5 Å². The van der Waals surface area contributed by atoms with Gasteiger partial charge in [-0.15, -0.1) is 10.2 Å². The van der Waals surface area contributed by atoms with Gasteiger partial charge in [-0.05, 0) is 12.1 Å². The van der Waals surface area contributed by atoms with E-state index in [1.54, 1.807) is 18.2 Å². The highest BCUT2D eigenvalue weighted by Gasteiger charge is 2.31. The zero-order valence-corrected chi connectivity index (χ0v) is 12.6. The number of anilines is 2. The SMILES string of the molecule is COc1ccc(OC)c(NC(=O)[C@H]2CC(=O)Nc3nncn32)c1. The van der Waals surface area contributed by atoms with E-state index in [-0.39, 0.29) is 24.2 Å². The fraction of sp³-hybridized carbons (Fsp3) is 0.286. The van der Waals surface area contributed by atoms with Crippen molar-refractivity contribution in [3.63, 3.8) is 0 Å². The van der Waals surface area contributed by atoms with Crippen LogP contribution in [0.4, 0.5) is 11.6 Å². The Hall–Kier alpha value is -3.10. The number of ether oxygens (including phenoxy) is 2. The first-order valence-corrected chi connectivity index (χ1v) is 6.84. The van der Waals surface area contributed by atoms with E-state index in [2.05, 4.69) is 20.8 Å². The van der Waals surface area contributed by atoms with Crippen molar-refractivity contribution in [2.24, 2.45) is 0 Å². The van der Waals surface area contributed by atoms with Crippen LogP contribution in [0.3, 0.4) is 0 Å². The van der Waals surface area contributed by atoms with Gasteiger partial charge in [-0.2, -0.15) is 0 Å². The number of hydrogen-bond acceptors (Lipinski definition) is 6. The number of hydrogen-bond donors (Lipinski definition) is 2. The number of carbonyl (C=O) groups excluding carboxylic acids is 2. The second-order valence-electron chi connectivity index (χ2n) is 4.89. The molecule has 0 saturated carbocycles. The summed E-state index contributed by atoms with van der Waals surface area (Å²) >= 11 is 0. The summed E-state index contributed by atoms with van der Waals surface area (Å²) in [5, 5.41) is 12.8. The van der Waals surface area contributed by atoms with Gasteiger partial charge in [-0.1, -0.05) is 0 Å². The van der Waals surface area contributed by atoms with Gasteiger partial charge in [0.05, 0.1) is 26.3 Å². The predicted octanol–water partition coefficient (Wildman–Crippen LogP) is 0.817. The molecule has 0 unspecified atom stereocenters. The summed E-state index contributed by atoms with van der Waals surface area (Å²) in [5.74, 6) is 0.658. The highest BCUT2D eigenvalue weighted by atomic mass is 16.5. The Morgan fingerprint density at radius 1 is 1.39 bits per heavy atom. The van der Waals surface area contributed by atoms with Gasteiger partial charge >= 0.3 is 0 Å². The maximum absolute atomic E-state index is 12.6. The minimum absolute atomic E-state index is 0.00313. The fourth-order valence-corrected chi connectivity index (χ4v) is 2.36. The number of rotatable bonds is 4. The molecule has 0 radical (unpaired) electrons. The van der Waals surface area contributed by atoms with Crippen LogP contribution in [-0.4, -0.2) is 40.8 Å². The number of nitrogens with zero attached hydrogens (tertiary/aromatic N) is 3. The molecule has 23 heavy (non-hydrogen) atoms. The van der Waals surface area contributed by atoms with E-state index in [0.29, 0.717) is 17.2 Å². The van der Waals surface area contributed by atoms with Crippen molar-refractivity contribution in [1.82, 2.24) is 14.8 Å². The molecule has 2 heterocycles. The van der Waals surface area contributed by atoms with Crippen LogP contribution in [0.15, 0.2) is 24.5 Å². The molecule has 3 rings (SSSR count). The maximum atomic E-state index is 12.6. The molecule has 2 amide bonds. The van der Waals surface area contributed by atoms with Crippen LogP contribution in [0.2, 0.25) is 0 Å². The monoisotopic (exact) mass is 317 g/mol. The highest BCUT2D eigenvalue weighted by molar-refractivity contribution is 6.01. The average Bonchev–Trinajstić information content (AvgIpc) is 3.01. The van der Waals surface area contributed by atoms with Gasteiger partial charge in [0.25, 0.3) is 0 Å². The third kappa shape index (κ3) is 2.80. The van der Waals surface area contributed by atoms with E-state index >= 15 is 0 Å².